The minimum absolute atomic E-state index is 0.604. The van der Waals surface area contributed by atoms with E-state index in [1.54, 1.807) is 0 Å². The first-order valence-electron chi connectivity index (χ1n) is 35.1. The van der Waals surface area contributed by atoms with Crippen LogP contribution in [0.1, 0.15) is 55.6 Å². The molecule has 0 atom stereocenters. The molecule has 476 valence electrons. The van der Waals surface area contributed by atoms with Gasteiger partial charge >= 0.3 is 0 Å². The minimum Gasteiger partial charge on any atom is -0.310 e. The molecule has 0 saturated carbocycles. The molecule has 0 bridgehead atoms. The summed E-state index contributed by atoms with van der Waals surface area (Å²) < 4.78 is 2.44. The zero-order valence-electron chi connectivity index (χ0n) is 56.2. The molecule has 0 N–H and O–H groups in total. The van der Waals surface area contributed by atoms with Crippen molar-refractivity contribution in [2.24, 2.45) is 0 Å². The van der Waals surface area contributed by atoms with Crippen LogP contribution in [0.3, 0.4) is 0 Å². The van der Waals surface area contributed by atoms with Crippen LogP contribution in [0.2, 0.25) is 0 Å². The van der Waals surface area contributed by atoms with Crippen molar-refractivity contribution in [3.8, 4) is 50.2 Å². The number of nitrogens with zero attached hydrogens (tertiary/aromatic N) is 3. The second-order valence-corrected chi connectivity index (χ2v) is 27.3. The number of para-hydroxylation sites is 1. The summed E-state index contributed by atoms with van der Waals surface area (Å²) in [5.41, 5.74) is 30.9. The van der Waals surface area contributed by atoms with Gasteiger partial charge in [-0.3, -0.25) is 0 Å². The monoisotopic (exact) mass is 1290 g/mol. The highest BCUT2D eigenvalue weighted by molar-refractivity contribution is 6.12. The Hall–Kier alpha value is -12.8. The van der Waals surface area contributed by atoms with E-state index in [4.69, 9.17) is 0 Å². The molecular weight excluding hydrogens is 1220 g/mol. The van der Waals surface area contributed by atoms with Crippen molar-refractivity contribution in [3.05, 3.63) is 438 Å². The molecule has 0 saturated heterocycles. The summed E-state index contributed by atoms with van der Waals surface area (Å²) >= 11 is 0. The molecule has 3 heteroatoms. The van der Waals surface area contributed by atoms with E-state index in [2.05, 4.69) is 410 Å². The fraction of sp³-hybridized carbons (Fsp3) is 0.0408. The molecule has 2 aliphatic rings. The third-order valence-electron chi connectivity index (χ3n) is 21.6. The Morgan fingerprint density at radius 3 is 1.02 bits per heavy atom. The van der Waals surface area contributed by atoms with E-state index < -0.39 is 10.8 Å². The molecule has 0 radical (unpaired) electrons. The number of benzene rings is 16. The highest BCUT2D eigenvalue weighted by Gasteiger charge is 2.48. The van der Waals surface area contributed by atoms with E-state index in [9.17, 15) is 0 Å². The highest BCUT2D eigenvalue weighted by Crippen LogP contribution is 2.60. The quantitative estimate of drug-likeness (QED) is 0.114. The van der Waals surface area contributed by atoms with Crippen LogP contribution in [-0.2, 0) is 10.8 Å². The van der Waals surface area contributed by atoms with Gasteiger partial charge in [-0.1, -0.05) is 284 Å². The Labute approximate surface area is 590 Å². The zero-order valence-corrected chi connectivity index (χ0v) is 56.2. The molecule has 0 unspecified atom stereocenters. The Morgan fingerprint density at radius 2 is 0.554 bits per heavy atom. The number of fused-ring (bicyclic) bond motifs is 10. The summed E-state index contributed by atoms with van der Waals surface area (Å²) in [7, 11) is 0. The maximum Gasteiger partial charge on any atom is 0.0714 e. The second kappa shape index (κ2) is 24.0. The van der Waals surface area contributed by atoms with Crippen LogP contribution in [0.15, 0.2) is 382 Å². The predicted octanol–water partition coefficient (Wildman–Crippen LogP) is 25.6. The van der Waals surface area contributed by atoms with Gasteiger partial charge in [0, 0.05) is 50.6 Å². The number of hydrogen-bond acceptors (Lipinski definition) is 2. The van der Waals surface area contributed by atoms with Crippen LogP contribution in [0.5, 0.6) is 0 Å². The van der Waals surface area contributed by atoms with Crippen molar-refractivity contribution in [1.29, 1.82) is 0 Å². The van der Waals surface area contributed by atoms with Crippen LogP contribution >= 0.6 is 0 Å². The molecule has 17 aromatic rings. The fourth-order valence-corrected chi connectivity index (χ4v) is 17.1. The third kappa shape index (κ3) is 9.56. The Bertz CT molecular complexity index is 5740. The smallest absolute Gasteiger partial charge is 0.0714 e. The summed E-state index contributed by atoms with van der Waals surface area (Å²) in [6, 6.07) is 143. The highest BCUT2D eigenvalue weighted by atomic mass is 15.1. The largest absolute Gasteiger partial charge is 0.310 e. The topological polar surface area (TPSA) is 11.4 Å². The van der Waals surface area contributed by atoms with Gasteiger partial charge in [-0.15, -0.1) is 0 Å². The number of aromatic nitrogens is 1. The average molecular weight is 1290 g/mol. The van der Waals surface area contributed by atoms with Crippen molar-refractivity contribution in [3.63, 3.8) is 0 Å². The Balaban J connectivity index is 0.781. The number of hydrogen-bond donors (Lipinski definition) is 0. The van der Waals surface area contributed by atoms with E-state index in [1.165, 1.54) is 111 Å². The van der Waals surface area contributed by atoms with Crippen LogP contribution in [0.4, 0.5) is 34.1 Å². The van der Waals surface area contributed by atoms with Gasteiger partial charge < -0.3 is 14.4 Å². The third-order valence-corrected chi connectivity index (χ3v) is 21.6. The first-order valence-corrected chi connectivity index (χ1v) is 35.1. The normalized spacial score (nSPS) is 13.0. The van der Waals surface area contributed by atoms with Gasteiger partial charge in [-0.2, -0.15) is 0 Å². The molecule has 1 heterocycles. The summed E-state index contributed by atoms with van der Waals surface area (Å²) in [6.45, 7) is 4.45. The van der Waals surface area contributed by atoms with Gasteiger partial charge in [0.1, 0.15) is 0 Å². The van der Waals surface area contributed by atoms with E-state index in [-0.39, 0.29) is 0 Å². The molecule has 0 spiro atoms. The van der Waals surface area contributed by atoms with Crippen molar-refractivity contribution in [2.75, 3.05) is 9.80 Å². The average Bonchev–Trinajstić information content (AvgIpc) is 1.56. The van der Waals surface area contributed by atoms with Crippen molar-refractivity contribution >= 4 is 66.7 Å². The lowest BCUT2D eigenvalue weighted by Crippen LogP contribution is -2.29. The van der Waals surface area contributed by atoms with Gasteiger partial charge in [0.15, 0.2) is 0 Å². The summed E-state index contributed by atoms with van der Waals surface area (Å²) in [5.74, 6) is 0. The summed E-state index contributed by atoms with van der Waals surface area (Å²) in [6.07, 6.45) is 0. The first kappa shape index (κ1) is 59.4. The summed E-state index contributed by atoms with van der Waals surface area (Å²) in [5, 5.41) is 4.82. The number of anilines is 6. The number of aryl methyl sites for hydroxylation is 2. The summed E-state index contributed by atoms with van der Waals surface area (Å²) in [4.78, 5) is 4.87. The lowest BCUT2D eigenvalue weighted by molar-refractivity contribution is 0.766. The second-order valence-electron chi connectivity index (χ2n) is 27.3. The van der Waals surface area contributed by atoms with Gasteiger partial charge in [-0.25, -0.2) is 0 Å². The molecule has 19 rings (SSSR count). The fourth-order valence-electron chi connectivity index (χ4n) is 17.1. The predicted molar refractivity (Wildman–Crippen MR) is 423 cm³/mol. The molecular formula is C98H69N3. The van der Waals surface area contributed by atoms with Gasteiger partial charge in [0.05, 0.1) is 21.9 Å². The van der Waals surface area contributed by atoms with Crippen LogP contribution in [0.25, 0.3) is 82.8 Å². The minimum atomic E-state index is -0.604. The molecule has 1 aromatic heterocycles. The SMILES string of the molecule is Cc1ccc2c(c1)C(c1ccccc1)(c1ccccc1)c1cc(N(c3ccc(-c4ccc5c(c4)c4cc(-c6ccccc6)ccc4n5-c4ccc(N(c5ccccc5)c5ccc6ccccc6c5)cc4)cc3)c3ccc4c(c3)C(c3ccccc3)(c3ccccc3)c3cc(C)ccc3-4)ccc1-2. The molecule has 0 amide bonds. The van der Waals surface area contributed by atoms with Crippen molar-refractivity contribution in [1.82, 2.24) is 4.57 Å². The van der Waals surface area contributed by atoms with Crippen molar-refractivity contribution < 1.29 is 0 Å². The van der Waals surface area contributed by atoms with Crippen LogP contribution in [0, 0.1) is 13.8 Å². The van der Waals surface area contributed by atoms with Crippen LogP contribution in [-0.4, -0.2) is 4.57 Å². The maximum atomic E-state index is 2.52. The van der Waals surface area contributed by atoms with Gasteiger partial charge in [0.25, 0.3) is 0 Å². The molecule has 101 heavy (non-hydrogen) atoms. The Morgan fingerprint density at radius 1 is 0.228 bits per heavy atom. The van der Waals surface area contributed by atoms with E-state index in [0.717, 1.165) is 62.0 Å². The molecule has 3 nitrogen and oxygen atoms in total. The molecule has 0 fully saturated rings. The van der Waals surface area contributed by atoms with Gasteiger partial charge in [-0.05, 0) is 223 Å². The lowest BCUT2D eigenvalue weighted by Gasteiger charge is -2.36. The maximum absolute atomic E-state index is 2.52. The zero-order chi connectivity index (χ0) is 67.2. The Kier molecular flexibility index (Phi) is 14.1. The molecule has 16 aromatic carbocycles. The van der Waals surface area contributed by atoms with E-state index >= 15 is 0 Å². The van der Waals surface area contributed by atoms with Gasteiger partial charge in [0.2, 0.25) is 0 Å². The van der Waals surface area contributed by atoms with E-state index in [1.807, 2.05) is 0 Å². The molecule has 0 aliphatic heterocycles. The van der Waals surface area contributed by atoms with E-state index in [0.29, 0.717) is 0 Å². The van der Waals surface area contributed by atoms with Crippen LogP contribution < -0.4 is 9.80 Å². The number of rotatable bonds is 13. The first-order chi connectivity index (χ1) is 49.9. The van der Waals surface area contributed by atoms with Crippen molar-refractivity contribution in [2.45, 2.75) is 24.7 Å². The lowest BCUT2D eigenvalue weighted by atomic mass is 9.67. The standard InChI is InChI=1S/C98H69N3/c1-66-37-53-85-87-55-51-83(64-93(87)97(91(85)59-66,74-27-11-4-12-28-74)75-29-13-5-14-30-75)100(84-52-56-88-86-54-38-67(2)60-92(86)98(94(88)65-84,76-31-15-6-16-32-76)77-33-17-7-18-34-77)79-44-39-70(40-45-79)73-43-58-96-90(63-73)89-62-72(68-23-9-3-10-24-68)42-57-95(89)101(96)81-49-47-80(48-50-81)99(78-35-19-8-20-36-78)82-46-41-69-25-21-22-26-71(69)61-82/h3-65H,1-2H3. The molecule has 2 aliphatic carbocycles.